The summed E-state index contributed by atoms with van der Waals surface area (Å²) in [5.41, 5.74) is 4.56. The van der Waals surface area contributed by atoms with Crippen molar-refractivity contribution in [3.05, 3.63) is 59.4 Å². The number of imidazole rings is 1. The van der Waals surface area contributed by atoms with Gasteiger partial charge in [-0.1, -0.05) is 29.8 Å². The van der Waals surface area contributed by atoms with Crippen molar-refractivity contribution >= 4 is 17.0 Å². The molecule has 0 saturated carbocycles. The molecule has 0 atom stereocenters. The molecule has 0 radical (unpaired) electrons. The van der Waals surface area contributed by atoms with Crippen LogP contribution in [0, 0.1) is 6.92 Å². The predicted octanol–water partition coefficient (Wildman–Crippen LogP) is 3.22. The lowest BCUT2D eigenvalue weighted by molar-refractivity contribution is 0.409. The number of aryl methyl sites for hydroxylation is 2. The Morgan fingerprint density at radius 3 is 2.71 bits per heavy atom. The predicted molar refractivity (Wildman–Crippen MR) is 115 cm³/mol. The van der Waals surface area contributed by atoms with Crippen molar-refractivity contribution in [3.8, 4) is 5.75 Å². The summed E-state index contributed by atoms with van der Waals surface area (Å²) >= 11 is 0. The van der Waals surface area contributed by atoms with E-state index in [1.165, 1.54) is 11.1 Å². The molecule has 3 aromatic rings. The van der Waals surface area contributed by atoms with Gasteiger partial charge >= 0.3 is 0 Å². The van der Waals surface area contributed by atoms with Crippen LogP contribution in [0.15, 0.2) is 47.5 Å². The van der Waals surface area contributed by atoms with Gasteiger partial charge < -0.3 is 20.4 Å². The first-order chi connectivity index (χ1) is 13.7. The molecule has 0 aliphatic heterocycles. The summed E-state index contributed by atoms with van der Waals surface area (Å²) in [6.45, 7) is 3.73. The van der Waals surface area contributed by atoms with Gasteiger partial charge in [-0.2, -0.15) is 0 Å². The molecule has 3 rings (SSSR count). The van der Waals surface area contributed by atoms with Gasteiger partial charge in [0.25, 0.3) is 0 Å². The number of rotatable bonds is 8. The number of aromatic nitrogens is 2. The summed E-state index contributed by atoms with van der Waals surface area (Å²) in [6, 6.07) is 14.4. The summed E-state index contributed by atoms with van der Waals surface area (Å²) in [7, 11) is 3.51. The minimum absolute atomic E-state index is 0.795. The van der Waals surface area contributed by atoms with Crippen LogP contribution in [0.25, 0.3) is 11.0 Å². The number of hydrogen-bond acceptors (Lipinski definition) is 3. The number of aromatic amines is 1. The lowest BCUT2D eigenvalue weighted by Gasteiger charge is -2.13. The molecular weight excluding hydrogens is 350 g/mol. The van der Waals surface area contributed by atoms with E-state index < -0.39 is 0 Å². The van der Waals surface area contributed by atoms with E-state index in [1.54, 1.807) is 14.2 Å². The largest absolute Gasteiger partial charge is 0.496 e. The summed E-state index contributed by atoms with van der Waals surface area (Å²) in [4.78, 5) is 12.3. The zero-order valence-electron chi connectivity index (χ0n) is 16.9. The molecule has 1 aromatic heterocycles. The Labute approximate surface area is 166 Å². The van der Waals surface area contributed by atoms with Crippen molar-refractivity contribution in [2.45, 2.75) is 26.2 Å². The lowest BCUT2D eigenvalue weighted by atomic mass is 10.1. The SMILES string of the molecule is CN=C(NCCCc1nc2ccccc2[nH]1)NCCc1cc(C)ccc1OC. The highest BCUT2D eigenvalue weighted by atomic mass is 16.5. The average molecular weight is 380 g/mol. The normalized spacial score (nSPS) is 11.6. The highest BCUT2D eigenvalue weighted by Gasteiger charge is 2.05. The fraction of sp³-hybridized carbons (Fsp3) is 0.364. The smallest absolute Gasteiger partial charge is 0.190 e. The second-order valence-electron chi connectivity index (χ2n) is 6.80. The first-order valence-corrected chi connectivity index (χ1v) is 9.71. The third-order valence-corrected chi connectivity index (χ3v) is 4.67. The Hall–Kier alpha value is -3.02. The number of methoxy groups -OCH3 is 1. The topological polar surface area (TPSA) is 74.3 Å². The van der Waals surface area contributed by atoms with E-state index in [2.05, 4.69) is 50.7 Å². The fourth-order valence-corrected chi connectivity index (χ4v) is 3.23. The number of hydrogen-bond donors (Lipinski definition) is 3. The molecule has 0 amide bonds. The van der Waals surface area contributed by atoms with E-state index in [9.17, 15) is 0 Å². The molecule has 28 heavy (non-hydrogen) atoms. The number of nitrogens with one attached hydrogen (secondary N) is 3. The highest BCUT2D eigenvalue weighted by Crippen LogP contribution is 2.19. The summed E-state index contributed by atoms with van der Waals surface area (Å²) in [5.74, 6) is 2.77. The Kier molecular flexibility index (Phi) is 6.89. The minimum Gasteiger partial charge on any atom is -0.496 e. The lowest BCUT2D eigenvalue weighted by Crippen LogP contribution is -2.38. The van der Waals surface area contributed by atoms with E-state index in [-0.39, 0.29) is 0 Å². The molecule has 0 fully saturated rings. The Morgan fingerprint density at radius 1 is 1.11 bits per heavy atom. The summed E-state index contributed by atoms with van der Waals surface area (Å²) in [6.07, 6.45) is 2.76. The van der Waals surface area contributed by atoms with Gasteiger partial charge in [0.2, 0.25) is 0 Å². The number of fused-ring (bicyclic) bond motifs is 1. The molecule has 1 heterocycles. The second kappa shape index (κ2) is 9.78. The first-order valence-electron chi connectivity index (χ1n) is 9.71. The van der Waals surface area contributed by atoms with Crippen LogP contribution in [0.2, 0.25) is 0 Å². The van der Waals surface area contributed by atoms with Gasteiger partial charge in [0, 0.05) is 26.6 Å². The van der Waals surface area contributed by atoms with Crippen molar-refractivity contribution in [1.29, 1.82) is 0 Å². The number of H-pyrrole nitrogens is 1. The van der Waals surface area contributed by atoms with Crippen LogP contribution in [0.5, 0.6) is 5.75 Å². The van der Waals surface area contributed by atoms with Crippen molar-refractivity contribution in [3.63, 3.8) is 0 Å². The van der Waals surface area contributed by atoms with Gasteiger partial charge in [0.15, 0.2) is 5.96 Å². The van der Waals surface area contributed by atoms with Crippen molar-refractivity contribution in [1.82, 2.24) is 20.6 Å². The van der Waals surface area contributed by atoms with Gasteiger partial charge in [-0.05, 0) is 43.5 Å². The molecule has 0 saturated heterocycles. The van der Waals surface area contributed by atoms with Gasteiger partial charge in [0.1, 0.15) is 11.6 Å². The molecule has 0 spiro atoms. The average Bonchev–Trinajstić information content (AvgIpc) is 3.13. The minimum atomic E-state index is 0.795. The van der Waals surface area contributed by atoms with Crippen LogP contribution in [0.1, 0.15) is 23.4 Å². The number of para-hydroxylation sites is 2. The van der Waals surface area contributed by atoms with Crippen LogP contribution in [-0.2, 0) is 12.8 Å². The molecule has 148 valence electrons. The van der Waals surface area contributed by atoms with Crippen molar-refractivity contribution < 1.29 is 4.74 Å². The third-order valence-electron chi connectivity index (χ3n) is 4.67. The van der Waals surface area contributed by atoms with E-state index in [1.807, 2.05) is 24.3 Å². The fourth-order valence-electron chi connectivity index (χ4n) is 3.23. The monoisotopic (exact) mass is 379 g/mol. The number of nitrogens with zero attached hydrogens (tertiary/aromatic N) is 2. The van der Waals surface area contributed by atoms with Crippen LogP contribution in [0.4, 0.5) is 0 Å². The van der Waals surface area contributed by atoms with Crippen LogP contribution >= 0.6 is 0 Å². The molecule has 6 heteroatoms. The van der Waals surface area contributed by atoms with E-state index in [4.69, 9.17) is 4.74 Å². The maximum atomic E-state index is 5.44. The summed E-state index contributed by atoms with van der Waals surface area (Å²) in [5, 5.41) is 6.73. The molecule has 6 nitrogen and oxygen atoms in total. The maximum absolute atomic E-state index is 5.44. The second-order valence-corrected chi connectivity index (χ2v) is 6.80. The Balaban J connectivity index is 1.40. The number of guanidine groups is 1. The summed E-state index contributed by atoms with van der Waals surface area (Å²) < 4.78 is 5.44. The first kappa shape index (κ1) is 19.7. The standard InChI is InChI=1S/C22H29N5O/c1-16-10-11-20(28-3)17(15-16)12-14-25-22(23-2)24-13-6-9-21-26-18-7-4-5-8-19(18)27-21/h4-5,7-8,10-11,15H,6,9,12-14H2,1-3H3,(H,26,27)(H2,23,24,25). The number of aliphatic imine (C=N–C) groups is 1. The maximum Gasteiger partial charge on any atom is 0.190 e. The van der Waals surface area contributed by atoms with E-state index in [0.717, 1.165) is 60.9 Å². The van der Waals surface area contributed by atoms with Crippen LogP contribution in [0.3, 0.4) is 0 Å². The van der Waals surface area contributed by atoms with Crippen LogP contribution in [-0.4, -0.2) is 43.2 Å². The van der Waals surface area contributed by atoms with Crippen molar-refractivity contribution in [2.75, 3.05) is 27.2 Å². The molecule has 0 unspecified atom stereocenters. The van der Waals surface area contributed by atoms with E-state index >= 15 is 0 Å². The van der Waals surface area contributed by atoms with Gasteiger partial charge in [-0.25, -0.2) is 4.98 Å². The molecular formula is C22H29N5O. The Morgan fingerprint density at radius 2 is 1.93 bits per heavy atom. The van der Waals surface area contributed by atoms with E-state index in [0.29, 0.717) is 0 Å². The van der Waals surface area contributed by atoms with Crippen molar-refractivity contribution in [2.24, 2.45) is 4.99 Å². The molecule has 2 aromatic carbocycles. The zero-order chi connectivity index (χ0) is 19.8. The molecule has 0 aliphatic rings. The van der Waals surface area contributed by atoms with Gasteiger partial charge in [-0.15, -0.1) is 0 Å². The van der Waals surface area contributed by atoms with Crippen LogP contribution < -0.4 is 15.4 Å². The van der Waals surface area contributed by atoms with Gasteiger partial charge in [-0.3, -0.25) is 4.99 Å². The molecule has 3 N–H and O–H groups in total. The zero-order valence-corrected chi connectivity index (χ0v) is 16.9. The quantitative estimate of drug-likeness (QED) is 0.319. The van der Waals surface area contributed by atoms with Gasteiger partial charge in [0.05, 0.1) is 18.1 Å². The number of ether oxygens (including phenoxy) is 1. The Bertz CT molecular complexity index is 899. The number of benzene rings is 2. The molecule has 0 aliphatic carbocycles. The highest BCUT2D eigenvalue weighted by molar-refractivity contribution is 5.79. The molecule has 0 bridgehead atoms. The third kappa shape index (κ3) is 5.25.